The number of nitrogens with two attached hydrogens (primary N) is 1. The summed E-state index contributed by atoms with van der Waals surface area (Å²) in [5, 5.41) is 9.35. The predicted octanol–water partition coefficient (Wildman–Crippen LogP) is 4.09. The predicted molar refractivity (Wildman–Crippen MR) is 139 cm³/mol. The van der Waals surface area contributed by atoms with Crippen molar-refractivity contribution in [3.8, 4) is 0 Å². The number of nitrogen functional groups attached to an aromatic ring is 1. The molecule has 1 aliphatic heterocycles. The number of piperidine rings is 1. The quantitative estimate of drug-likeness (QED) is 0.367. The van der Waals surface area contributed by atoms with E-state index in [0.29, 0.717) is 12.5 Å². The Bertz CT molecular complexity index is 1460. The second kappa shape index (κ2) is 9.03. The molecule has 0 amide bonds. The maximum Gasteiger partial charge on any atom is 0.160 e. The highest BCUT2D eigenvalue weighted by molar-refractivity contribution is 5.83. The second-order valence-corrected chi connectivity index (χ2v) is 9.47. The highest BCUT2D eigenvalue weighted by Crippen LogP contribution is 2.31. The van der Waals surface area contributed by atoms with Gasteiger partial charge in [0.1, 0.15) is 5.82 Å². The van der Waals surface area contributed by atoms with Crippen molar-refractivity contribution in [2.45, 2.75) is 38.8 Å². The van der Waals surface area contributed by atoms with Gasteiger partial charge in [0, 0.05) is 60.3 Å². The Labute approximate surface area is 204 Å². The molecule has 0 saturated carbocycles. The van der Waals surface area contributed by atoms with Gasteiger partial charge in [-0.1, -0.05) is 24.3 Å². The van der Waals surface area contributed by atoms with Crippen LogP contribution in [-0.4, -0.2) is 42.2 Å². The molecule has 0 spiro atoms. The Morgan fingerprint density at radius 1 is 1.09 bits per heavy atom. The minimum Gasteiger partial charge on any atom is -0.366 e. The highest BCUT2D eigenvalue weighted by Gasteiger charge is 2.24. The van der Waals surface area contributed by atoms with Crippen molar-refractivity contribution >= 4 is 22.4 Å². The number of anilines is 1. The molecule has 1 aromatic carbocycles. The van der Waals surface area contributed by atoms with E-state index in [0.717, 1.165) is 66.3 Å². The molecule has 0 atom stereocenters. The highest BCUT2D eigenvalue weighted by atomic mass is 15.3. The molecule has 8 nitrogen and oxygen atoms in total. The normalized spacial score (nSPS) is 15.2. The number of para-hydroxylation sites is 1. The SMILES string of the molecule is Cc1cnn2c(NCc3cccnc3)cc(C3CCN(Cc4cn(N)c5ccccc45)CC3)nc12. The summed E-state index contributed by atoms with van der Waals surface area (Å²) < 4.78 is 3.65. The molecule has 1 fully saturated rings. The first kappa shape index (κ1) is 21.6. The third-order valence-electron chi connectivity index (χ3n) is 7.09. The largest absolute Gasteiger partial charge is 0.366 e. The van der Waals surface area contributed by atoms with Crippen molar-refractivity contribution in [2.75, 3.05) is 24.2 Å². The van der Waals surface area contributed by atoms with Gasteiger partial charge >= 0.3 is 0 Å². The van der Waals surface area contributed by atoms with Gasteiger partial charge in [0.2, 0.25) is 0 Å². The average molecular weight is 467 g/mol. The van der Waals surface area contributed by atoms with E-state index in [1.165, 1.54) is 10.9 Å². The molecule has 4 aromatic heterocycles. The van der Waals surface area contributed by atoms with Crippen LogP contribution in [0.4, 0.5) is 5.82 Å². The number of nitrogens with one attached hydrogen (secondary N) is 1. The summed E-state index contributed by atoms with van der Waals surface area (Å²) in [6.45, 7) is 5.76. The van der Waals surface area contributed by atoms with Crippen LogP contribution < -0.4 is 11.2 Å². The summed E-state index contributed by atoms with van der Waals surface area (Å²) in [5.41, 5.74) is 6.67. The first-order chi connectivity index (χ1) is 17.2. The lowest BCUT2D eigenvalue weighted by molar-refractivity contribution is 0.204. The van der Waals surface area contributed by atoms with Crippen LogP contribution in [0, 0.1) is 6.92 Å². The fraction of sp³-hybridized carbons (Fsp3) is 0.296. The monoisotopic (exact) mass is 466 g/mol. The molecule has 8 heteroatoms. The zero-order valence-corrected chi connectivity index (χ0v) is 19.9. The van der Waals surface area contributed by atoms with Gasteiger partial charge in [-0.2, -0.15) is 9.61 Å². The number of hydrogen-bond donors (Lipinski definition) is 2. The van der Waals surface area contributed by atoms with Crippen molar-refractivity contribution in [1.29, 1.82) is 0 Å². The van der Waals surface area contributed by atoms with Gasteiger partial charge in [-0.3, -0.25) is 14.6 Å². The molecule has 3 N–H and O–H groups in total. The van der Waals surface area contributed by atoms with E-state index >= 15 is 0 Å². The van der Waals surface area contributed by atoms with Crippen LogP contribution in [0.15, 0.2) is 67.3 Å². The number of likely N-dealkylation sites (tertiary alicyclic amines) is 1. The van der Waals surface area contributed by atoms with Crippen LogP contribution in [-0.2, 0) is 13.1 Å². The Balaban J connectivity index is 1.18. The van der Waals surface area contributed by atoms with Crippen molar-refractivity contribution < 1.29 is 0 Å². The van der Waals surface area contributed by atoms with Crippen molar-refractivity contribution in [3.63, 3.8) is 0 Å². The van der Waals surface area contributed by atoms with Gasteiger partial charge in [0.25, 0.3) is 0 Å². The van der Waals surface area contributed by atoms with E-state index in [-0.39, 0.29) is 0 Å². The lowest BCUT2D eigenvalue weighted by Crippen LogP contribution is -2.32. The minimum absolute atomic E-state index is 0.431. The van der Waals surface area contributed by atoms with Crippen molar-refractivity contribution in [1.82, 2.24) is 29.2 Å². The standard InChI is InChI=1S/C27H30N8/c1-19-14-31-35-26(30-16-20-5-4-10-29-15-20)13-24(32-27(19)35)21-8-11-33(12-9-21)17-22-18-34(28)25-7-3-2-6-23(22)25/h2-7,10,13-15,18,21,30H,8-9,11-12,16-17,28H2,1H3. The molecule has 5 aromatic rings. The summed E-state index contributed by atoms with van der Waals surface area (Å²) in [6.07, 6.45) is 9.80. The molecule has 1 aliphatic rings. The molecule has 178 valence electrons. The lowest BCUT2D eigenvalue weighted by Gasteiger charge is -2.31. The Kier molecular flexibility index (Phi) is 5.58. The summed E-state index contributed by atoms with van der Waals surface area (Å²) >= 11 is 0. The number of aromatic nitrogens is 5. The maximum absolute atomic E-state index is 6.18. The number of fused-ring (bicyclic) bond motifs is 2. The summed E-state index contributed by atoms with van der Waals surface area (Å²) in [4.78, 5) is 11.8. The van der Waals surface area contributed by atoms with E-state index in [2.05, 4.69) is 63.8 Å². The van der Waals surface area contributed by atoms with Crippen LogP contribution in [0.2, 0.25) is 0 Å². The minimum atomic E-state index is 0.431. The third kappa shape index (κ3) is 4.21. The lowest BCUT2D eigenvalue weighted by atomic mass is 9.93. The Morgan fingerprint density at radius 3 is 2.77 bits per heavy atom. The van der Waals surface area contributed by atoms with Gasteiger partial charge in [0.15, 0.2) is 5.65 Å². The molecule has 0 unspecified atom stereocenters. The van der Waals surface area contributed by atoms with Crippen molar-refractivity contribution in [2.24, 2.45) is 0 Å². The molecule has 5 heterocycles. The topological polar surface area (TPSA) is 89.3 Å². The zero-order valence-electron chi connectivity index (χ0n) is 19.9. The fourth-order valence-corrected chi connectivity index (χ4v) is 5.15. The van der Waals surface area contributed by atoms with Gasteiger partial charge in [0.05, 0.1) is 11.7 Å². The summed E-state index contributed by atoms with van der Waals surface area (Å²) in [6, 6.07) is 14.6. The first-order valence-electron chi connectivity index (χ1n) is 12.2. The van der Waals surface area contributed by atoms with E-state index in [1.807, 2.05) is 29.0 Å². The van der Waals surface area contributed by atoms with E-state index < -0.39 is 0 Å². The summed E-state index contributed by atoms with van der Waals surface area (Å²) in [5.74, 6) is 7.58. The van der Waals surface area contributed by atoms with Crippen LogP contribution in [0.3, 0.4) is 0 Å². The average Bonchev–Trinajstić information content (AvgIpc) is 3.43. The Morgan fingerprint density at radius 2 is 1.94 bits per heavy atom. The molecule has 0 bridgehead atoms. The van der Waals surface area contributed by atoms with E-state index in [4.69, 9.17) is 10.8 Å². The molecule has 1 saturated heterocycles. The number of pyridine rings is 1. The molecule has 0 aliphatic carbocycles. The van der Waals surface area contributed by atoms with Crippen LogP contribution >= 0.6 is 0 Å². The molecule has 0 radical (unpaired) electrons. The fourth-order valence-electron chi connectivity index (χ4n) is 5.15. The molecule has 6 rings (SSSR count). The zero-order chi connectivity index (χ0) is 23.8. The van der Waals surface area contributed by atoms with E-state index in [9.17, 15) is 0 Å². The number of nitrogens with zero attached hydrogens (tertiary/aromatic N) is 6. The smallest absolute Gasteiger partial charge is 0.160 e. The third-order valence-corrected chi connectivity index (χ3v) is 7.09. The number of rotatable bonds is 6. The van der Waals surface area contributed by atoms with Gasteiger partial charge in [-0.05, 0) is 56.1 Å². The second-order valence-electron chi connectivity index (χ2n) is 9.47. The molecule has 35 heavy (non-hydrogen) atoms. The number of hydrogen-bond acceptors (Lipinski definition) is 6. The van der Waals surface area contributed by atoms with Crippen LogP contribution in [0.1, 0.15) is 41.1 Å². The Hall–Kier alpha value is -3.91. The maximum atomic E-state index is 6.18. The van der Waals surface area contributed by atoms with Gasteiger partial charge in [-0.25, -0.2) is 4.98 Å². The van der Waals surface area contributed by atoms with Gasteiger partial charge in [-0.15, -0.1) is 0 Å². The first-order valence-corrected chi connectivity index (χ1v) is 12.2. The van der Waals surface area contributed by atoms with Crippen LogP contribution in [0.25, 0.3) is 16.6 Å². The van der Waals surface area contributed by atoms with Crippen LogP contribution in [0.5, 0.6) is 0 Å². The van der Waals surface area contributed by atoms with Crippen molar-refractivity contribution in [3.05, 3.63) is 89.6 Å². The molecular formula is C27H30N8. The molecular weight excluding hydrogens is 436 g/mol. The summed E-state index contributed by atoms with van der Waals surface area (Å²) in [7, 11) is 0. The van der Waals surface area contributed by atoms with Gasteiger partial charge < -0.3 is 11.2 Å². The van der Waals surface area contributed by atoms with E-state index in [1.54, 1.807) is 10.9 Å². The number of benzene rings is 1. The number of aryl methyl sites for hydroxylation is 1.